The molecule has 2 aromatic carbocycles. The van der Waals surface area contributed by atoms with E-state index >= 15 is 0 Å². The van der Waals surface area contributed by atoms with Crippen LogP contribution in [0.1, 0.15) is 6.92 Å². The van der Waals surface area contributed by atoms with Crippen LogP contribution in [0.4, 0.5) is 10.3 Å². The lowest BCUT2D eigenvalue weighted by Crippen LogP contribution is -2.01. The van der Waals surface area contributed by atoms with Crippen molar-refractivity contribution in [3.05, 3.63) is 48.3 Å². The van der Waals surface area contributed by atoms with Gasteiger partial charge in [-0.3, -0.25) is 0 Å². The molecule has 0 fully saturated rings. The molecule has 0 atom stereocenters. The van der Waals surface area contributed by atoms with Crippen molar-refractivity contribution in [1.29, 1.82) is 0 Å². The second-order valence-corrected chi connectivity index (χ2v) is 4.56. The summed E-state index contributed by atoms with van der Waals surface area (Å²) >= 11 is 0. The van der Waals surface area contributed by atoms with E-state index in [0.717, 1.165) is 22.0 Å². The first-order chi connectivity index (χ1) is 10.2. The van der Waals surface area contributed by atoms with Crippen molar-refractivity contribution in [3.8, 4) is 17.0 Å². The highest BCUT2D eigenvalue weighted by Crippen LogP contribution is 2.29. The minimum Gasteiger partial charge on any atom is -0.477 e. The number of rotatable bonds is 3. The number of halogens is 1. The Morgan fingerprint density at radius 2 is 1.76 bits per heavy atom. The largest absolute Gasteiger partial charge is 0.477 e. The Morgan fingerprint density at radius 3 is 2.48 bits per heavy atom. The molecular formula is C16H14FN3O. The fraction of sp³-hybridized carbons (Fsp3) is 0.125. The van der Waals surface area contributed by atoms with E-state index in [0.29, 0.717) is 12.5 Å². The van der Waals surface area contributed by atoms with Gasteiger partial charge in [0, 0.05) is 0 Å². The van der Waals surface area contributed by atoms with E-state index in [-0.39, 0.29) is 11.8 Å². The SMILES string of the molecule is CCOc1nc(N)nc2ccc(-c3ccc(F)cc3)cc12. The zero-order valence-electron chi connectivity index (χ0n) is 11.5. The third-order valence-electron chi connectivity index (χ3n) is 3.14. The summed E-state index contributed by atoms with van der Waals surface area (Å²) in [6.07, 6.45) is 0. The summed E-state index contributed by atoms with van der Waals surface area (Å²) in [5, 5.41) is 0.785. The van der Waals surface area contributed by atoms with Crippen LogP contribution in [0.5, 0.6) is 5.88 Å². The van der Waals surface area contributed by atoms with E-state index in [2.05, 4.69) is 9.97 Å². The van der Waals surface area contributed by atoms with Gasteiger partial charge in [-0.15, -0.1) is 0 Å². The van der Waals surface area contributed by atoms with E-state index < -0.39 is 0 Å². The van der Waals surface area contributed by atoms with Crippen LogP contribution in [-0.4, -0.2) is 16.6 Å². The molecule has 0 spiro atoms. The molecule has 5 heteroatoms. The monoisotopic (exact) mass is 283 g/mol. The number of nitrogen functional groups attached to an aromatic ring is 1. The molecule has 3 aromatic rings. The standard InChI is InChI=1S/C16H14FN3O/c1-2-21-15-13-9-11(10-3-6-12(17)7-4-10)5-8-14(13)19-16(18)20-15/h3-9H,2H2,1H3,(H2,18,19,20). The van der Waals surface area contributed by atoms with Crippen LogP contribution in [0, 0.1) is 5.82 Å². The third-order valence-corrected chi connectivity index (χ3v) is 3.14. The number of anilines is 1. The Hall–Kier alpha value is -2.69. The Bertz CT molecular complexity index is 787. The smallest absolute Gasteiger partial charge is 0.226 e. The highest BCUT2D eigenvalue weighted by Gasteiger charge is 2.09. The summed E-state index contributed by atoms with van der Waals surface area (Å²) in [4.78, 5) is 8.32. The van der Waals surface area contributed by atoms with Gasteiger partial charge in [0.1, 0.15) is 5.82 Å². The van der Waals surface area contributed by atoms with Crippen molar-refractivity contribution in [2.24, 2.45) is 0 Å². The summed E-state index contributed by atoms with van der Waals surface area (Å²) in [5.74, 6) is 0.384. The van der Waals surface area contributed by atoms with Crippen LogP contribution in [0.25, 0.3) is 22.0 Å². The van der Waals surface area contributed by atoms with Gasteiger partial charge < -0.3 is 10.5 Å². The summed E-state index contributed by atoms with van der Waals surface area (Å²) in [6, 6.07) is 12.0. The van der Waals surface area contributed by atoms with E-state index in [1.807, 2.05) is 25.1 Å². The maximum Gasteiger partial charge on any atom is 0.226 e. The number of ether oxygens (including phenoxy) is 1. The van der Waals surface area contributed by atoms with Crippen LogP contribution in [0.15, 0.2) is 42.5 Å². The highest BCUT2D eigenvalue weighted by molar-refractivity contribution is 5.89. The molecule has 0 aliphatic carbocycles. The molecule has 0 aliphatic rings. The Balaban J connectivity index is 2.16. The highest BCUT2D eigenvalue weighted by atomic mass is 19.1. The van der Waals surface area contributed by atoms with E-state index in [1.54, 1.807) is 12.1 Å². The first-order valence-corrected chi connectivity index (χ1v) is 6.63. The van der Waals surface area contributed by atoms with Gasteiger partial charge in [0.15, 0.2) is 0 Å². The molecule has 0 radical (unpaired) electrons. The fourth-order valence-corrected chi connectivity index (χ4v) is 2.19. The number of nitrogens with zero attached hydrogens (tertiary/aromatic N) is 2. The summed E-state index contributed by atoms with van der Waals surface area (Å²) < 4.78 is 18.5. The molecule has 0 bridgehead atoms. The van der Waals surface area contributed by atoms with Crippen molar-refractivity contribution in [3.63, 3.8) is 0 Å². The molecule has 106 valence electrons. The predicted molar refractivity (Wildman–Crippen MR) is 80.5 cm³/mol. The molecule has 2 N–H and O–H groups in total. The number of hydrogen-bond donors (Lipinski definition) is 1. The molecule has 0 saturated heterocycles. The second-order valence-electron chi connectivity index (χ2n) is 4.56. The van der Waals surface area contributed by atoms with Gasteiger partial charge in [-0.05, 0) is 42.3 Å². The quantitative estimate of drug-likeness (QED) is 0.800. The van der Waals surface area contributed by atoms with Crippen LogP contribution < -0.4 is 10.5 Å². The van der Waals surface area contributed by atoms with Gasteiger partial charge in [-0.1, -0.05) is 18.2 Å². The van der Waals surface area contributed by atoms with Crippen molar-refractivity contribution in [2.75, 3.05) is 12.3 Å². The maximum absolute atomic E-state index is 13.0. The van der Waals surface area contributed by atoms with Crippen LogP contribution >= 0.6 is 0 Å². The summed E-state index contributed by atoms with van der Waals surface area (Å²) in [7, 11) is 0. The van der Waals surface area contributed by atoms with Gasteiger partial charge >= 0.3 is 0 Å². The number of aromatic nitrogens is 2. The van der Waals surface area contributed by atoms with Crippen molar-refractivity contribution < 1.29 is 9.13 Å². The Labute approximate surface area is 121 Å². The molecule has 4 nitrogen and oxygen atoms in total. The second kappa shape index (κ2) is 5.36. The van der Waals surface area contributed by atoms with Crippen molar-refractivity contribution >= 4 is 16.9 Å². The number of nitrogens with two attached hydrogens (primary N) is 1. The minimum atomic E-state index is -0.259. The lowest BCUT2D eigenvalue weighted by atomic mass is 10.0. The normalized spacial score (nSPS) is 10.8. The van der Waals surface area contributed by atoms with Gasteiger partial charge in [-0.25, -0.2) is 9.37 Å². The zero-order valence-corrected chi connectivity index (χ0v) is 11.5. The van der Waals surface area contributed by atoms with E-state index in [9.17, 15) is 4.39 Å². The van der Waals surface area contributed by atoms with Gasteiger partial charge in [0.25, 0.3) is 0 Å². The molecule has 0 unspecified atom stereocenters. The first kappa shape index (κ1) is 13.3. The van der Waals surface area contributed by atoms with Crippen molar-refractivity contribution in [1.82, 2.24) is 9.97 Å². The molecular weight excluding hydrogens is 269 g/mol. The van der Waals surface area contributed by atoms with Gasteiger partial charge in [0.05, 0.1) is 17.5 Å². The predicted octanol–water partition coefficient (Wildman–Crippen LogP) is 3.42. The lowest BCUT2D eigenvalue weighted by molar-refractivity contribution is 0.331. The summed E-state index contributed by atoms with van der Waals surface area (Å²) in [6.45, 7) is 2.38. The first-order valence-electron chi connectivity index (χ1n) is 6.63. The van der Waals surface area contributed by atoms with E-state index in [4.69, 9.17) is 10.5 Å². The van der Waals surface area contributed by atoms with Crippen molar-refractivity contribution in [2.45, 2.75) is 6.92 Å². The van der Waals surface area contributed by atoms with Crippen LogP contribution in [0.3, 0.4) is 0 Å². The molecule has 0 aliphatic heterocycles. The Morgan fingerprint density at radius 1 is 1.05 bits per heavy atom. The number of benzene rings is 2. The molecule has 0 saturated carbocycles. The van der Waals surface area contributed by atoms with Gasteiger partial charge in [0.2, 0.25) is 11.8 Å². The molecule has 1 heterocycles. The maximum atomic E-state index is 13.0. The topological polar surface area (TPSA) is 61.0 Å². The van der Waals surface area contributed by atoms with Crippen LogP contribution in [0.2, 0.25) is 0 Å². The summed E-state index contributed by atoms with van der Waals surface area (Å²) in [5.41, 5.74) is 8.25. The number of fused-ring (bicyclic) bond motifs is 1. The molecule has 1 aromatic heterocycles. The molecule has 3 rings (SSSR count). The number of hydrogen-bond acceptors (Lipinski definition) is 4. The van der Waals surface area contributed by atoms with Gasteiger partial charge in [-0.2, -0.15) is 4.98 Å². The minimum absolute atomic E-state index is 0.181. The van der Waals surface area contributed by atoms with Crippen LogP contribution in [-0.2, 0) is 0 Å². The average molecular weight is 283 g/mol. The lowest BCUT2D eigenvalue weighted by Gasteiger charge is -2.09. The molecule has 21 heavy (non-hydrogen) atoms. The Kier molecular flexibility index (Phi) is 3.39. The van der Waals surface area contributed by atoms with E-state index in [1.165, 1.54) is 12.1 Å². The third kappa shape index (κ3) is 2.63. The zero-order chi connectivity index (χ0) is 14.8. The fourth-order valence-electron chi connectivity index (χ4n) is 2.19. The average Bonchev–Trinajstić information content (AvgIpc) is 2.48. The molecule has 0 amide bonds.